The minimum absolute atomic E-state index is 0.226. The van der Waals surface area contributed by atoms with Crippen LogP contribution in [-0.4, -0.2) is 23.5 Å². The maximum absolute atomic E-state index is 6.51. The highest BCUT2D eigenvalue weighted by Crippen LogP contribution is 2.33. The van der Waals surface area contributed by atoms with E-state index in [0.29, 0.717) is 12.1 Å². The van der Waals surface area contributed by atoms with Crippen LogP contribution in [0.2, 0.25) is 0 Å². The first kappa shape index (κ1) is 15.5. The molecule has 2 N–H and O–H groups in total. The van der Waals surface area contributed by atoms with Crippen LogP contribution in [-0.2, 0) is 0 Å². The van der Waals surface area contributed by atoms with Gasteiger partial charge in [0.05, 0.1) is 6.04 Å². The van der Waals surface area contributed by atoms with E-state index in [-0.39, 0.29) is 6.04 Å². The molecule has 0 aliphatic carbocycles. The molecule has 0 radical (unpaired) electrons. The number of likely N-dealkylation sites (tertiary alicyclic amines) is 1. The maximum atomic E-state index is 6.51. The van der Waals surface area contributed by atoms with Crippen molar-refractivity contribution in [2.24, 2.45) is 5.73 Å². The van der Waals surface area contributed by atoms with E-state index in [2.05, 4.69) is 49.9 Å². The van der Waals surface area contributed by atoms with Crippen LogP contribution < -0.4 is 5.73 Å². The Labute approximate surface area is 124 Å². The molecule has 0 spiro atoms. The molecule has 1 fully saturated rings. The van der Waals surface area contributed by atoms with Gasteiger partial charge in [0.25, 0.3) is 0 Å². The Hall–Kier alpha value is -0.860. The Kier molecular flexibility index (Phi) is 5.62. The van der Waals surface area contributed by atoms with Crippen molar-refractivity contribution in [2.75, 3.05) is 6.54 Å². The lowest BCUT2D eigenvalue weighted by molar-refractivity contribution is 0.0757. The minimum Gasteiger partial charge on any atom is -0.326 e. The lowest BCUT2D eigenvalue weighted by Crippen LogP contribution is -2.48. The molecular weight excluding hydrogens is 244 g/mol. The van der Waals surface area contributed by atoms with Gasteiger partial charge in [0.15, 0.2) is 0 Å². The van der Waals surface area contributed by atoms with Crippen molar-refractivity contribution in [1.29, 1.82) is 0 Å². The van der Waals surface area contributed by atoms with Gasteiger partial charge < -0.3 is 5.73 Å². The predicted octanol–water partition coefficient (Wildman–Crippen LogP) is 4.04. The molecule has 2 nitrogen and oxygen atoms in total. The monoisotopic (exact) mass is 274 g/mol. The summed E-state index contributed by atoms with van der Waals surface area (Å²) in [5.41, 5.74) is 9.24. The molecule has 0 aromatic heterocycles. The third kappa shape index (κ3) is 3.42. The van der Waals surface area contributed by atoms with Crippen molar-refractivity contribution in [3.8, 4) is 0 Å². The van der Waals surface area contributed by atoms with E-state index in [0.717, 1.165) is 6.42 Å². The van der Waals surface area contributed by atoms with Crippen molar-refractivity contribution in [3.63, 3.8) is 0 Å². The molecule has 3 atom stereocenters. The summed E-state index contributed by atoms with van der Waals surface area (Å²) in [6, 6.07) is 10.2. The van der Waals surface area contributed by atoms with Crippen LogP contribution >= 0.6 is 0 Å². The summed E-state index contributed by atoms with van der Waals surface area (Å²) in [6.07, 6.45) is 6.28. The minimum atomic E-state index is 0.226. The van der Waals surface area contributed by atoms with Gasteiger partial charge in [-0.1, -0.05) is 50.1 Å². The summed E-state index contributed by atoms with van der Waals surface area (Å²) >= 11 is 0. The summed E-state index contributed by atoms with van der Waals surface area (Å²) in [7, 11) is 0. The van der Waals surface area contributed by atoms with Crippen LogP contribution in [0.4, 0.5) is 0 Å². The molecule has 1 aromatic carbocycles. The molecule has 112 valence electrons. The van der Waals surface area contributed by atoms with Gasteiger partial charge in [0.1, 0.15) is 0 Å². The Balaban J connectivity index is 2.31. The zero-order valence-corrected chi connectivity index (χ0v) is 13.3. The van der Waals surface area contributed by atoms with E-state index in [9.17, 15) is 0 Å². The molecule has 1 aromatic rings. The van der Waals surface area contributed by atoms with Gasteiger partial charge in [-0.3, -0.25) is 4.90 Å². The first-order valence-electron chi connectivity index (χ1n) is 8.25. The van der Waals surface area contributed by atoms with Gasteiger partial charge in [-0.15, -0.1) is 0 Å². The van der Waals surface area contributed by atoms with Crippen LogP contribution in [0.1, 0.15) is 63.1 Å². The quantitative estimate of drug-likeness (QED) is 0.878. The van der Waals surface area contributed by atoms with Gasteiger partial charge >= 0.3 is 0 Å². The SMILES string of the molecule is CCC(N)C(c1cccc(C)c1)N1CCCCC1CC. The summed E-state index contributed by atoms with van der Waals surface area (Å²) in [6.45, 7) is 7.89. The molecule has 1 saturated heterocycles. The van der Waals surface area contributed by atoms with Crippen molar-refractivity contribution in [3.05, 3.63) is 35.4 Å². The van der Waals surface area contributed by atoms with Crippen molar-refractivity contribution in [1.82, 2.24) is 4.90 Å². The van der Waals surface area contributed by atoms with E-state index in [4.69, 9.17) is 5.73 Å². The van der Waals surface area contributed by atoms with E-state index >= 15 is 0 Å². The Morgan fingerprint density at radius 1 is 1.30 bits per heavy atom. The van der Waals surface area contributed by atoms with E-state index in [1.54, 1.807) is 0 Å². The highest BCUT2D eigenvalue weighted by atomic mass is 15.2. The summed E-state index contributed by atoms with van der Waals surface area (Å²) in [4.78, 5) is 2.69. The summed E-state index contributed by atoms with van der Waals surface area (Å²) in [5, 5.41) is 0. The van der Waals surface area contributed by atoms with Crippen LogP contribution in [0.3, 0.4) is 0 Å². The summed E-state index contributed by atoms with van der Waals surface area (Å²) < 4.78 is 0. The molecule has 20 heavy (non-hydrogen) atoms. The lowest BCUT2D eigenvalue weighted by Gasteiger charge is -2.43. The van der Waals surface area contributed by atoms with Crippen molar-refractivity contribution >= 4 is 0 Å². The van der Waals surface area contributed by atoms with Crippen LogP contribution in [0.5, 0.6) is 0 Å². The first-order valence-corrected chi connectivity index (χ1v) is 8.25. The second kappa shape index (κ2) is 7.24. The molecule has 1 aliphatic rings. The highest BCUT2D eigenvalue weighted by molar-refractivity contribution is 5.26. The third-order valence-corrected chi connectivity index (χ3v) is 4.76. The maximum Gasteiger partial charge on any atom is 0.0502 e. The van der Waals surface area contributed by atoms with Gasteiger partial charge in [-0.25, -0.2) is 0 Å². The van der Waals surface area contributed by atoms with Gasteiger partial charge in [-0.2, -0.15) is 0 Å². The molecule has 2 rings (SSSR count). The fourth-order valence-corrected chi connectivity index (χ4v) is 3.59. The molecule has 1 aliphatic heterocycles. The average Bonchev–Trinajstić information content (AvgIpc) is 2.48. The Bertz CT molecular complexity index is 416. The number of nitrogens with two attached hydrogens (primary N) is 1. The second-order valence-electron chi connectivity index (χ2n) is 6.23. The molecule has 0 amide bonds. The molecular formula is C18H30N2. The molecule has 0 saturated carbocycles. The largest absolute Gasteiger partial charge is 0.326 e. The third-order valence-electron chi connectivity index (χ3n) is 4.76. The van der Waals surface area contributed by atoms with Crippen LogP contribution in [0, 0.1) is 6.92 Å². The fourth-order valence-electron chi connectivity index (χ4n) is 3.59. The predicted molar refractivity (Wildman–Crippen MR) is 86.8 cm³/mol. The number of aryl methyl sites for hydroxylation is 1. The van der Waals surface area contributed by atoms with Crippen molar-refractivity contribution in [2.45, 2.75) is 71.0 Å². The number of piperidine rings is 1. The molecule has 0 bridgehead atoms. The van der Waals surface area contributed by atoms with Gasteiger partial charge in [-0.05, 0) is 44.7 Å². The van der Waals surface area contributed by atoms with Crippen molar-refractivity contribution < 1.29 is 0 Å². The molecule has 2 heteroatoms. The Morgan fingerprint density at radius 2 is 2.10 bits per heavy atom. The number of hydrogen-bond acceptors (Lipinski definition) is 2. The number of benzene rings is 1. The van der Waals surface area contributed by atoms with E-state index in [1.165, 1.54) is 43.4 Å². The van der Waals surface area contributed by atoms with Gasteiger partial charge in [0, 0.05) is 12.1 Å². The van der Waals surface area contributed by atoms with Crippen LogP contribution in [0.15, 0.2) is 24.3 Å². The topological polar surface area (TPSA) is 29.3 Å². The fraction of sp³-hybridized carbons (Fsp3) is 0.667. The van der Waals surface area contributed by atoms with E-state index < -0.39 is 0 Å². The smallest absolute Gasteiger partial charge is 0.0502 e. The second-order valence-corrected chi connectivity index (χ2v) is 6.23. The first-order chi connectivity index (χ1) is 9.67. The molecule has 1 heterocycles. The number of rotatable bonds is 5. The highest BCUT2D eigenvalue weighted by Gasteiger charge is 2.31. The number of nitrogens with zero attached hydrogens (tertiary/aromatic N) is 1. The number of hydrogen-bond donors (Lipinski definition) is 1. The molecule has 3 unspecified atom stereocenters. The zero-order chi connectivity index (χ0) is 14.5. The normalized spacial score (nSPS) is 23.5. The Morgan fingerprint density at radius 3 is 2.75 bits per heavy atom. The zero-order valence-electron chi connectivity index (χ0n) is 13.3. The van der Waals surface area contributed by atoms with Crippen LogP contribution in [0.25, 0.3) is 0 Å². The average molecular weight is 274 g/mol. The van der Waals surface area contributed by atoms with E-state index in [1.807, 2.05) is 0 Å². The summed E-state index contributed by atoms with van der Waals surface area (Å²) in [5.74, 6) is 0. The van der Waals surface area contributed by atoms with Gasteiger partial charge in [0.2, 0.25) is 0 Å². The standard InChI is InChI=1S/C18H30N2/c1-4-16-11-6-7-12-20(16)18(17(19)5-2)15-10-8-9-14(3)13-15/h8-10,13,16-18H,4-7,11-12,19H2,1-3H3. The lowest BCUT2D eigenvalue weighted by atomic mass is 9.90.